The quantitative estimate of drug-likeness (QED) is 0.870. The van der Waals surface area contributed by atoms with Crippen LogP contribution in [0.25, 0.3) is 0 Å². The summed E-state index contributed by atoms with van der Waals surface area (Å²) in [5.41, 5.74) is 1.08. The summed E-state index contributed by atoms with van der Waals surface area (Å²) in [7, 11) is 3.10. The number of rotatable bonds is 4. The smallest absolute Gasteiger partial charge is 0.257 e. The molecule has 3 rings (SSSR count). The van der Waals surface area contributed by atoms with Crippen LogP contribution in [0.1, 0.15) is 15.9 Å². The number of nitrogens with zero attached hydrogens (tertiary/aromatic N) is 1. The van der Waals surface area contributed by atoms with Gasteiger partial charge in [-0.3, -0.25) is 4.79 Å². The summed E-state index contributed by atoms with van der Waals surface area (Å²) in [6, 6.07) is 9.37. The first-order chi connectivity index (χ1) is 11.1. The number of benzene rings is 2. The molecule has 6 heteroatoms. The highest BCUT2D eigenvalue weighted by Gasteiger charge is 2.19. The first kappa shape index (κ1) is 15.1. The Kier molecular flexibility index (Phi) is 4.06. The minimum Gasteiger partial charge on any atom is -0.496 e. The Balaban J connectivity index is 1.79. The number of carbonyl (C=O) groups excluding carboxylic acids is 1. The second-order valence-corrected chi connectivity index (χ2v) is 5.19. The third-order valence-electron chi connectivity index (χ3n) is 3.60. The van der Waals surface area contributed by atoms with E-state index in [1.807, 2.05) is 12.1 Å². The van der Waals surface area contributed by atoms with Gasteiger partial charge in [-0.05, 0) is 35.9 Å². The molecule has 0 N–H and O–H groups in total. The van der Waals surface area contributed by atoms with Crippen molar-refractivity contribution < 1.29 is 23.4 Å². The van der Waals surface area contributed by atoms with E-state index in [4.69, 9.17) is 14.2 Å². The predicted octanol–water partition coefficient (Wildman–Crippen LogP) is 2.84. The van der Waals surface area contributed by atoms with Gasteiger partial charge in [-0.1, -0.05) is 6.07 Å². The van der Waals surface area contributed by atoms with Crippen LogP contribution in [-0.2, 0) is 6.54 Å². The van der Waals surface area contributed by atoms with Gasteiger partial charge in [0.2, 0.25) is 6.79 Å². The fourth-order valence-electron chi connectivity index (χ4n) is 2.44. The summed E-state index contributed by atoms with van der Waals surface area (Å²) in [4.78, 5) is 14.0. The van der Waals surface area contributed by atoms with E-state index in [1.165, 1.54) is 30.2 Å². The fourth-order valence-corrected chi connectivity index (χ4v) is 2.44. The van der Waals surface area contributed by atoms with Crippen molar-refractivity contribution >= 4 is 5.91 Å². The van der Waals surface area contributed by atoms with Crippen LogP contribution < -0.4 is 14.2 Å². The molecule has 120 valence electrons. The lowest BCUT2D eigenvalue weighted by atomic mass is 10.1. The Hall–Kier alpha value is -2.76. The molecule has 0 spiro atoms. The standard InChI is InChI=1S/C17H16FNO4/c1-19(9-11-3-5-15-16(7-11)23-10-22-15)17(20)13-8-12(18)4-6-14(13)21-2/h3-8H,9-10H2,1-2H3. The molecule has 1 amide bonds. The van der Waals surface area contributed by atoms with Crippen LogP contribution in [0.4, 0.5) is 4.39 Å². The van der Waals surface area contributed by atoms with Gasteiger partial charge < -0.3 is 19.1 Å². The number of ether oxygens (including phenoxy) is 3. The average molecular weight is 317 g/mol. The second-order valence-electron chi connectivity index (χ2n) is 5.19. The van der Waals surface area contributed by atoms with E-state index in [0.717, 1.165) is 5.56 Å². The zero-order chi connectivity index (χ0) is 16.4. The number of fused-ring (bicyclic) bond motifs is 1. The third-order valence-corrected chi connectivity index (χ3v) is 3.60. The zero-order valence-electron chi connectivity index (χ0n) is 12.8. The van der Waals surface area contributed by atoms with Crippen molar-refractivity contribution in [3.05, 3.63) is 53.3 Å². The monoisotopic (exact) mass is 317 g/mol. The van der Waals surface area contributed by atoms with E-state index >= 15 is 0 Å². The molecule has 0 aliphatic carbocycles. The van der Waals surface area contributed by atoms with Crippen LogP contribution in [0.3, 0.4) is 0 Å². The van der Waals surface area contributed by atoms with Crippen molar-refractivity contribution in [1.82, 2.24) is 4.90 Å². The van der Waals surface area contributed by atoms with Crippen molar-refractivity contribution in [3.63, 3.8) is 0 Å². The van der Waals surface area contributed by atoms with Crippen molar-refractivity contribution in [2.24, 2.45) is 0 Å². The molecule has 0 saturated heterocycles. The van der Waals surface area contributed by atoms with Gasteiger partial charge in [0, 0.05) is 13.6 Å². The number of amides is 1. The van der Waals surface area contributed by atoms with Gasteiger partial charge >= 0.3 is 0 Å². The summed E-state index contributed by atoms with van der Waals surface area (Å²) >= 11 is 0. The van der Waals surface area contributed by atoms with Gasteiger partial charge in [0.25, 0.3) is 5.91 Å². The summed E-state index contributed by atoms with van der Waals surface area (Å²) in [5, 5.41) is 0. The van der Waals surface area contributed by atoms with Crippen molar-refractivity contribution in [2.75, 3.05) is 21.0 Å². The average Bonchev–Trinajstić information content (AvgIpc) is 3.01. The molecule has 0 fully saturated rings. The largest absolute Gasteiger partial charge is 0.496 e. The van der Waals surface area contributed by atoms with Crippen LogP contribution in [0.2, 0.25) is 0 Å². The summed E-state index contributed by atoms with van der Waals surface area (Å²) < 4.78 is 29.1. The number of methoxy groups -OCH3 is 1. The minimum atomic E-state index is -0.481. The van der Waals surface area contributed by atoms with Crippen LogP contribution in [0, 0.1) is 5.82 Å². The van der Waals surface area contributed by atoms with Crippen molar-refractivity contribution in [2.45, 2.75) is 6.54 Å². The maximum atomic E-state index is 13.4. The Morgan fingerprint density at radius 2 is 2.00 bits per heavy atom. The zero-order valence-corrected chi connectivity index (χ0v) is 12.8. The Bertz CT molecular complexity index is 747. The first-order valence-corrected chi connectivity index (χ1v) is 7.06. The highest BCUT2D eigenvalue weighted by molar-refractivity contribution is 5.96. The van der Waals surface area contributed by atoms with Crippen molar-refractivity contribution in [3.8, 4) is 17.2 Å². The highest BCUT2D eigenvalue weighted by Crippen LogP contribution is 2.33. The van der Waals surface area contributed by atoms with Gasteiger partial charge in [0.05, 0.1) is 12.7 Å². The molecule has 0 radical (unpaired) electrons. The number of hydrogen-bond acceptors (Lipinski definition) is 4. The fraction of sp³-hybridized carbons (Fsp3) is 0.235. The van der Waals surface area contributed by atoms with Crippen LogP contribution in [-0.4, -0.2) is 31.8 Å². The molecule has 1 aliphatic heterocycles. The minimum absolute atomic E-state index is 0.191. The molecule has 2 aromatic rings. The molecule has 0 aromatic heterocycles. The number of hydrogen-bond donors (Lipinski definition) is 0. The van der Waals surface area contributed by atoms with E-state index in [-0.39, 0.29) is 18.3 Å². The molecule has 1 heterocycles. The van der Waals surface area contributed by atoms with E-state index in [2.05, 4.69) is 0 Å². The Labute approximate surface area is 133 Å². The topological polar surface area (TPSA) is 48.0 Å². The van der Waals surface area contributed by atoms with Gasteiger partial charge in [-0.25, -0.2) is 4.39 Å². The number of halogens is 1. The van der Waals surface area contributed by atoms with Gasteiger partial charge in [0.1, 0.15) is 11.6 Å². The molecular formula is C17H16FNO4. The molecule has 23 heavy (non-hydrogen) atoms. The van der Waals surface area contributed by atoms with E-state index in [0.29, 0.717) is 23.8 Å². The normalized spacial score (nSPS) is 12.1. The summed E-state index contributed by atoms with van der Waals surface area (Å²) in [5.74, 6) is 0.889. The van der Waals surface area contributed by atoms with Gasteiger partial charge in [-0.2, -0.15) is 0 Å². The van der Waals surface area contributed by atoms with Gasteiger partial charge in [-0.15, -0.1) is 0 Å². The third kappa shape index (κ3) is 3.06. The molecule has 2 aromatic carbocycles. The van der Waals surface area contributed by atoms with Crippen LogP contribution in [0.5, 0.6) is 17.2 Å². The van der Waals surface area contributed by atoms with Crippen molar-refractivity contribution in [1.29, 1.82) is 0 Å². The number of carbonyl (C=O) groups is 1. The second kappa shape index (κ2) is 6.16. The molecule has 0 atom stereocenters. The molecule has 0 saturated carbocycles. The summed E-state index contributed by atoms with van der Waals surface area (Å²) in [6.45, 7) is 0.559. The lowest BCUT2D eigenvalue weighted by molar-refractivity contribution is 0.0781. The lowest BCUT2D eigenvalue weighted by Gasteiger charge is -2.19. The van der Waals surface area contributed by atoms with E-state index in [1.54, 1.807) is 13.1 Å². The molecular weight excluding hydrogens is 301 g/mol. The summed E-state index contributed by atoms with van der Waals surface area (Å²) in [6.07, 6.45) is 0. The highest BCUT2D eigenvalue weighted by atomic mass is 19.1. The van der Waals surface area contributed by atoms with E-state index < -0.39 is 5.82 Å². The van der Waals surface area contributed by atoms with E-state index in [9.17, 15) is 9.18 Å². The maximum Gasteiger partial charge on any atom is 0.257 e. The van der Waals surface area contributed by atoms with Gasteiger partial charge in [0.15, 0.2) is 11.5 Å². The predicted molar refractivity (Wildman–Crippen MR) is 81.3 cm³/mol. The molecule has 5 nitrogen and oxygen atoms in total. The maximum absolute atomic E-state index is 13.4. The van der Waals surface area contributed by atoms with Crippen LogP contribution in [0.15, 0.2) is 36.4 Å². The lowest BCUT2D eigenvalue weighted by Crippen LogP contribution is -2.26. The SMILES string of the molecule is COc1ccc(F)cc1C(=O)N(C)Cc1ccc2c(c1)OCO2. The Morgan fingerprint density at radius 3 is 2.78 bits per heavy atom. The molecule has 1 aliphatic rings. The van der Waals surface area contributed by atoms with Crippen LogP contribution >= 0.6 is 0 Å². The molecule has 0 bridgehead atoms. The first-order valence-electron chi connectivity index (χ1n) is 7.06. The Morgan fingerprint density at radius 1 is 1.22 bits per heavy atom. The molecule has 0 unspecified atom stereocenters.